The molecule has 3 rings (SSSR count). The van der Waals surface area contributed by atoms with Crippen LogP contribution in [-0.2, 0) is 25.7 Å². The average Bonchev–Trinajstić information content (AvgIpc) is 2.95. The van der Waals surface area contributed by atoms with E-state index < -0.39 is 59.8 Å². The second-order valence-electron chi connectivity index (χ2n) is 9.28. The van der Waals surface area contributed by atoms with Crippen LogP contribution in [0.4, 0.5) is 24.8 Å². The number of carbonyl (C=O) groups is 5. The fourth-order valence-electron chi connectivity index (χ4n) is 3.85. The molecule has 44 heavy (non-hydrogen) atoms. The maximum atomic E-state index is 13.5. The van der Waals surface area contributed by atoms with E-state index in [1.54, 1.807) is 0 Å². The Morgan fingerprint density at radius 2 is 1.73 bits per heavy atom. The van der Waals surface area contributed by atoms with Gasteiger partial charge in [-0.15, -0.1) is 0 Å². The number of benzene rings is 1. The molecule has 0 saturated heterocycles. The number of carbonyl (C=O) groups excluding carboxylic acids is 3. The molecule has 0 aliphatic rings. The van der Waals surface area contributed by atoms with E-state index >= 15 is 0 Å². The van der Waals surface area contributed by atoms with Gasteiger partial charge in [0.2, 0.25) is 5.95 Å². The number of alkyl halides is 3. The zero-order chi connectivity index (χ0) is 32.8. The Kier molecular flexibility index (Phi) is 10.6. The van der Waals surface area contributed by atoms with Gasteiger partial charge in [-0.25, -0.2) is 14.8 Å². The van der Waals surface area contributed by atoms with Gasteiger partial charge in [0.25, 0.3) is 11.5 Å². The summed E-state index contributed by atoms with van der Waals surface area (Å²) in [6.45, 7) is -0.790. The second kappa shape index (κ2) is 13.9. The van der Waals surface area contributed by atoms with Crippen molar-refractivity contribution in [2.24, 2.45) is 5.92 Å². The first-order valence-electron chi connectivity index (χ1n) is 12.5. The first kappa shape index (κ1) is 33.4. The maximum Gasteiger partial charge on any atom is 0.471 e. The summed E-state index contributed by atoms with van der Waals surface area (Å²) in [6, 6.07) is 2.54. The van der Waals surface area contributed by atoms with Crippen molar-refractivity contribution >= 4 is 65.0 Å². The van der Waals surface area contributed by atoms with Crippen molar-refractivity contribution in [2.75, 3.05) is 16.4 Å². The van der Waals surface area contributed by atoms with Gasteiger partial charge in [-0.1, -0.05) is 0 Å². The normalized spacial score (nSPS) is 12.7. The number of carboxylic acid groups (broad SMARTS) is 2. The molecule has 0 spiro atoms. The second-order valence-corrected chi connectivity index (χ2v) is 9.65. The lowest BCUT2D eigenvalue weighted by Crippen LogP contribution is -2.41. The molecule has 2 aromatic heterocycles. The molecule has 15 nitrogen and oxygen atoms in total. The monoisotopic (exact) mass is 639 g/mol. The van der Waals surface area contributed by atoms with Crippen molar-refractivity contribution in [1.82, 2.24) is 25.3 Å². The Morgan fingerprint density at radius 3 is 2.30 bits per heavy atom. The fraction of sp³-hybridized carbons (Fsp3) is 0.320. The summed E-state index contributed by atoms with van der Waals surface area (Å²) in [6.07, 6.45) is -5.40. The molecule has 1 aromatic carbocycles. The quantitative estimate of drug-likeness (QED) is 0.143. The van der Waals surface area contributed by atoms with Crippen LogP contribution in [0.15, 0.2) is 35.3 Å². The van der Waals surface area contributed by atoms with Crippen LogP contribution in [0.25, 0.3) is 11.2 Å². The smallest absolute Gasteiger partial charge is 0.471 e. The number of halogens is 3. The summed E-state index contributed by atoms with van der Waals surface area (Å²) >= 11 is 3.86. The fourth-order valence-corrected chi connectivity index (χ4v) is 4.13. The molecule has 2 unspecified atom stereocenters. The van der Waals surface area contributed by atoms with Gasteiger partial charge in [0.15, 0.2) is 11.2 Å². The van der Waals surface area contributed by atoms with Crippen LogP contribution in [0.3, 0.4) is 0 Å². The highest BCUT2D eigenvalue weighted by atomic mass is 32.1. The highest BCUT2D eigenvalue weighted by Gasteiger charge is 2.43. The zero-order valence-electron chi connectivity index (χ0n) is 22.4. The van der Waals surface area contributed by atoms with Gasteiger partial charge in [-0.05, 0) is 30.7 Å². The molecule has 2 atom stereocenters. The van der Waals surface area contributed by atoms with Gasteiger partial charge in [0, 0.05) is 29.8 Å². The minimum atomic E-state index is -5.32. The Bertz CT molecular complexity index is 1650. The molecule has 0 fully saturated rings. The third kappa shape index (κ3) is 8.49. The number of aliphatic carboxylic acids is 2. The van der Waals surface area contributed by atoms with Gasteiger partial charge in [0.1, 0.15) is 11.8 Å². The van der Waals surface area contributed by atoms with Crippen LogP contribution in [-0.4, -0.2) is 77.7 Å². The first-order valence-corrected chi connectivity index (χ1v) is 13.1. The number of carboxylic acids is 2. The van der Waals surface area contributed by atoms with Crippen molar-refractivity contribution < 1.29 is 47.4 Å². The summed E-state index contributed by atoms with van der Waals surface area (Å²) in [5, 5.41) is 20.7. The number of Topliss-reactive ketones (excluding diaryl/α,β-unsaturated/α-hetero) is 1. The van der Waals surface area contributed by atoms with Crippen LogP contribution in [0.2, 0.25) is 0 Å². The van der Waals surface area contributed by atoms with Crippen LogP contribution in [0.5, 0.6) is 0 Å². The van der Waals surface area contributed by atoms with Crippen molar-refractivity contribution in [1.29, 1.82) is 0 Å². The zero-order valence-corrected chi connectivity index (χ0v) is 23.3. The van der Waals surface area contributed by atoms with E-state index in [1.165, 1.54) is 0 Å². The Labute approximate surface area is 250 Å². The lowest BCUT2D eigenvalue weighted by atomic mass is 10.00. The number of nitrogens with zero attached hydrogens (tertiary/aromatic N) is 4. The number of amides is 2. The van der Waals surface area contributed by atoms with E-state index in [0.717, 1.165) is 30.5 Å². The largest absolute Gasteiger partial charge is 0.481 e. The van der Waals surface area contributed by atoms with Gasteiger partial charge in [-0.3, -0.25) is 33.9 Å². The molecular formula is C25H24F3N7O8S. The summed E-state index contributed by atoms with van der Waals surface area (Å²) in [5.74, 6) is -7.94. The lowest BCUT2D eigenvalue weighted by molar-refractivity contribution is -0.170. The third-order valence-corrected chi connectivity index (χ3v) is 6.53. The van der Waals surface area contributed by atoms with Crippen LogP contribution in [0.1, 0.15) is 35.3 Å². The topological polar surface area (TPSA) is 239 Å². The Balaban J connectivity index is 1.78. The highest BCUT2D eigenvalue weighted by Crippen LogP contribution is 2.26. The number of nitrogen functional groups attached to an aromatic ring is 1. The third-order valence-electron chi connectivity index (χ3n) is 6.09. The molecule has 0 radical (unpaired) electrons. The number of H-pyrrole nitrogens is 1. The molecule has 2 amide bonds. The molecule has 0 aliphatic heterocycles. The molecule has 19 heteroatoms. The number of aromatic nitrogens is 4. The van der Waals surface area contributed by atoms with Crippen molar-refractivity contribution in [3.8, 4) is 0 Å². The van der Waals surface area contributed by atoms with Gasteiger partial charge < -0.3 is 21.3 Å². The molecule has 0 aliphatic carbocycles. The highest BCUT2D eigenvalue weighted by molar-refractivity contribution is 7.80. The van der Waals surface area contributed by atoms with Crippen LogP contribution >= 0.6 is 12.6 Å². The molecule has 3 aromatic rings. The van der Waals surface area contributed by atoms with Gasteiger partial charge in [0.05, 0.1) is 24.4 Å². The molecule has 2 heterocycles. The number of nitrogens with one attached hydrogen (secondary N) is 2. The van der Waals surface area contributed by atoms with Crippen molar-refractivity contribution in [3.05, 3.63) is 52.1 Å². The van der Waals surface area contributed by atoms with E-state index in [9.17, 15) is 47.0 Å². The minimum absolute atomic E-state index is 0.106. The SMILES string of the molecule is Nc1nc2ncc(CN(C(=O)C(F)(F)F)c3ccc(C(=O)NC(CCC(=O)CC(CS)C(=O)O)C(=O)O)cc3)nc2c(=O)[nH]1. The van der Waals surface area contributed by atoms with Crippen LogP contribution < -0.4 is 21.5 Å². The van der Waals surface area contributed by atoms with Crippen molar-refractivity contribution in [2.45, 2.75) is 38.0 Å². The number of rotatable bonds is 13. The number of hydrogen-bond donors (Lipinski definition) is 6. The number of ketones is 1. The molecule has 0 saturated carbocycles. The van der Waals surface area contributed by atoms with Crippen LogP contribution in [0, 0.1) is 5.92 Å². The van der Waals surface area contributed by atoms with E-state index in [0.29, 0.717) is 0 Å². The summed E-state index contributed by atoms with van der Waals surface area (Å²) in [7, 11) is 0. The predicted molar refractivity (Wildman–Crippen MR) is 149 cm³/mol. The number of aromatic amines is 1. The number of nitrogens with two attached hydrogens (primary N) is 1. The maximum absolute atomic E-state index is 13.5. The minimum Gasteiger partial charge on any atom is -0.481 e. The van der Waals surface area contributed by atoms with E-state index in [4.69, 9.17) is 10.8 Å². The lowest BCUT2D eigenvalue weighted by Gasteiger charge is -2.24. The molecule has 0 bridgehead atoms. The molecule has 234 valence electrons. The average molecular weight is 640 g/mol. The predicted octanol–water partition coefficient (Wildman–Crippen LogP) is 0.944. The summed E-state index contributed by atoms with van der Waals surface area (Å²) in [5.41, 5.74) is 3.39. The van der Waals surface area contributed by atoms with Crippen molar-refractivity contribution in [3.63, 3.8) is 0 Å². The van der Waals surface area contributed by atoms with E-state index in [1.807, 2.05) is 0 Å². The van der Waals surface area contributed by atoms with Gasteiger partial charge >= 0.3 is 24.0 Å². The number of hydrogen-bond acceptors (Lipinski definition) is 11. The van der Waals surface area contributed by atoms with Gasteiger partial charge in [-0.2, -0.15) is 30.8 Å². The molecular weight excluding hydrogens is 615 g/mol. The molecule has 6 N–H and O–H groups in total. The number of fused-ring (bicyclic) bond motifs is 1. The summed E-state index contributed by atoms with van der Waals surface area (Å²) < 4.78 is 40.4. The van der Waals surface area contributed by atoms with E-state index in [2.05, 4.69) is 37.9 Å². The number of anilines is 2. The summed E-state index contributed by atoms with van der Waals surface area (Å²) in [4.78, 5) is 85.9. The Hall–Kier alpha value is -5.07. The Morgan fingerprint density at radius 1 is 1.07 bits per heavy atom. The number of thiol groups is 1. The standard InChI is InChI=1S/C25H24F3N7O8S/c26-25(27,28)23(43)35(9-13-8-30-18-17(31-13)20(38)34-24(29)33-18)14-3-1-11(2-4-14)19(37)32-16(22(41)42)6-5-15(36)7-12(10-44)21(39)40/h1-4,8,12,16,44H,5-7,9-10H2,(H,32,37)(H,39,40)(H,41,42)(H3,29,30,33,34,38). The first-order chi connectivity index (χ1) is 20.6. The van der Waals surface area contributed by atoms with E-state index in [-0.39, 0.29) is 64.0 Å².